The molecular weight excluding hydrogens is 269 g/mol. The minimum Gasteiger partial charge on any atom is -0.367 e. The van der Waals surface area contributed by atoms with E-state index in [1.165, 1.54) is 0 Å². The van der Waals surface area contributed by atoms with Gasteiger partial charge in [0.25, 0.3) is 0 Å². The first-order valence-electron chi connectivity index (χ1n) is 5.64. The van der Waals surface area contributed by atoms with E-state index >= 15 is 0 Å². The number of anilines is 1. The van der Waals surface area contributed by atoms with E-state index in [0.717, 1.165) is 17.1 Å². The van der Waals surface area contributed by atoms with Crippen molar-refractivity contribution < 1.29 is 0 Å². The van der Waals surface area contributed by atoms with Crippen LogP contribution in [-0.4, -0.2) is 16.6 Å². The molecule has 0 unspecified atom stereocenters. The van der Waals surface area contributed by atoms with E-state index in [4.69, 9.17) is 23.2 Å². The van der Waals surface area contributed by atoms with Crippen LogP contribution in [0.3, 0.4) is 0 Å². The largest absolute Gasteiger partial charge is 0.367 e. The van der Waals surface area contributed by atoms with Crippen LogP contribution in [-0.2, 0) is 19.5 Å². The highest BCUT2D eigenvalue weighted by Crippen LogP contribution is 2.29. The maximum Gasteiger partial charge on any atom is 0.127 e. The number of hydrogen-bond acceptors (Lipinski definition) is 2. The van der Waals surface area contributed by atoms with Gasteiger partial charge in [-0.3, -0.25) is 0 Å². The first-order chi connectivity index (χ1) is 8.63. The van der Waals surface area contributed by atoms with Gasteiger partial charge in [-0.25, -0.2) is 4.98 Å². The molecule has 0 fully saturated rings. The van der Waals surface area contributed by atoms with Gasteiger partial charge in [0.15, 0.2) is 0 Å². The van der Waals surface area contributed by atoms with Crippen LogP contribution in [0.15, 0.2) is 30.6 Å². The van der Waals surface area contributed by atoms with Crippen molar-refractivity contribution in [2.75, 3.05) is 11.9 Å². The zero-order valence-electron chi connectivity index (χ0n) is 10.4. The maximum absolute atomic E-state index is 6.15. The van der Waals surface area contributed by atoms with Crippen molar-refractivity contribution in [1.29, 1.82) is 0 Å². The quantitative estimate of drug-likeness (QED) is 0.802. The van der Waals surface area contributed by atoms with Crippen molar-refractivity contribution in [3.05, 3.63) is 47.0 Å². The van der Waals surface area contributed by atoms with E-state index in [-0.39, 0.29) is 0 Å². The molecule has 0 aliphatic rings. The Kier molecular flexibility index (Phi) is 4.15. The lowest BCUT2D eigenvalue weighted by atomic mass is 10.2. The van der Waals surface area contributed by atoms with Crippen LogP contribution in [0.5, 0.6) is 0 Å². The minimum absolute atomic E-state index is 0.403. The summed E-state index contributed by atoms with van der Waals surface area (Å²) in [5.41, 5.74) is 2.00. The molecule has 0 radical (unpaired) electrons. The molecule has 0 N–H and O–H groups in total. The molecule has 0 amide bonds. The summed E-state index contributed by atoms with van der Waals surface area (Å²) in [6, 6.07) is 5.81. The predicted molar refractivity (Wildman–Crippen MR) is 76.3 cm³/mol. The fourth-order valence-corrected chi connectivity index (χ4v) is 2.47. The molecule has 96 valence electrons. The Hall–Kier alpha value is -1.19. The molecule has 18 heavy (non-hydrogen) atoms. The summed E-state index contributed by atoms with van der Waals surface area (Å²) in [7, 11) is 3.99. The molecule has 0 spiro atoms. The monoisotopic (exact) mass is 283 g/mol. The molecular formula is C13H15Cl2N3. The number of alkyl halides is 1. The third kappa shape index (κ3) is 2.62. The van der Waals surface area contributed by atoms with Gasteiger partial charge in [0.05, 0.1) is 12.4 Å². The summed E-state index contributed by atoms with van der Waals surface area (Å²) in [5.74, 6) is 1.40. The lowest BCUT2D eigenvalue weighted by Gasteiger charge is -2.22. The summed E-state index contributed by atoms with van der Waals surface area (Å²) in [5, 5.41) is 0.703. The van der Waals surface area contributed by atoms with Gasteiger partial charge >= 0.3 is 0 Å². The lowest BCUT2D eigenvalue weighted by Crippen LogP contribution is -2.20. The number of aryl methyl sites for hydroxylation is 1. The Morgan fingerprint density at radius 3 is 2.78 bits per heavy atom. The second kappa shape index (κ2) is 5.63. The van der Waals surface area contributed by atoms with E-state index in [1.54, 1.807) is 6.20 Å². The van der Waals surface area contributed by atoms with Crippen LogP contribution in [0.1, 0.15) is 11.4 Å². The number of aromatic nitrogens is 2. The Morgan fingerprint density at radius 1 is 1.39 bits per heavy atom. The number of benzene rings is 1. The Labute approximate surface area is 117 Å². The summed E-state index contributed by atoms with van der Waals surface area (Å²) in [6.07, 6.45) is 3.73. The first kappa shape index (κ1) is 13.2. The van der Waals surface area contributed by atoms with Gasteiger partial charge in [0.2, 0.25) is 0 Å². The smallest absolute Gasteiger partial charge is 0.127 e. The minimum atomic E-state index is 0.403. The molecule has 0 saturated carbocycles. The average Bonchev–Trinajstić information content (AvgIpc) is 2.74. The van der Waals surface area contributed by atoms with E-state index in [2.05, 4.69) is 9.88 Å². The van der Waals surface area contributed by atoms with Crippen LogP contribution < -0.4 is 4.90 Å². The zero-order chi connectivity index (χ0) is 13.1. The maximum atomic E-state index is 6.15. The molecule has 0 saturated heterocycles. The van der Waals surface area contributed by atoms with Crippen molar-refractivity contribution in [3.8, 4) is 0 Å². The van der Waals surface area contributed by atoms with Gasteiger partial charge in [-0.05, 0) is 12.1 Å². The topological polar surface area (TPSA) is 21.1 Å². The Balaban J connectivity index is 2.26. The highest BCUT2D eigenvalue weighted by atomic mass is 35.5. The molecule has 5 heteroatoms. The van der Waals surface area contributed by atoms with E-state index in [1.807, 2.05) is 43.1 Å². The summed E-state index contributed by atoms with van der Waals surface area (Å²) in [6.45, 7) is 0.716. The molecule has 2 rings (SSSR count). The van der Waals surface area contributed by atoms with Gasteiger partial charge in [0, 0.05) is 42.8 Å². The van der Waals surface area contributed by atoms with Crippen LogP contribution >= 0.6 is 23.2 Å². The second-order valence-corrected chi connectivity index (χ2v) is 4.86. The van der Waals surface area contributed by atoms with Crippen LogP contribution in [0.4, 0.5) is 5.69 Å². The number of halogens is 2. The first-order valence-corrected chi connectivity index (χ1v) is 6.55. The molecule has 1 heterocycles. The molecule has 2 aromatic rings. The van der Waals surface area contributed by atoms with Gasteiger partial charge in [-0.2, -0.15) is 0 Å². The second-order valence-electron chi connectivity index (χ2n) is 4.18. The summed E-state index contributed by atoms with van der Waals surface area (Å²) in [4.78, 5) is 6.42. The van der Waals surface area contributed by atoms with Crippen molar-refractivity contribution >= 4 is 28.9 Å². The van der Waals surface area contributed by atoms with E-state index < -0.39 is 0 Å². The van der Waals surface area contributed by atoms with Crippen LogP contribution in [0.2, 0.25) is 5.02 Å². The number of rotatable bonds is 4. The van der Waals surface area contributed by atoms with Gasteiger partial charge < -0.3 is 9.47 Å². The predicted octanol–water partition coefficient (Wildman–Crippen LogP) is 3.45. The standard InChI is InChI=1S/C13H15Cl2N3/c1-17-7-6-16-13(17)9-18(2)12-5-3-4-11(15)10(12)8-14/h3-7H,8-9H2,1-2H3. The summed E-state index contributed by atoms with van der Waals surface area (Å²) < 4.78 is 2.00. The third-order valence-electron chi connectivity index (χ3n) is 2.94. The van der Waals surface area contributed by atoms with Gasteiger partial charge in [-0.15, -0.1) is 11.6 Å². The number of nitrogens with zero attached hydrogens (tertiary/aromatic N) is 3. The molecule has 0 aliphatic carbocycles. The fraction of sp³-hybridized carbons (Fsp3) is 0.308. The molecule has 1 aromatic heterocycles. The van der Waals surface area contributed by atoms with Crippen molar-refractivity contribution in [2.24, 2.45) is 7.05 Å². The third-order valence-corrected chi connectivity index (χ3v) is 3.56. The molecule has 0 aliphatic heterocycles. The summed E-state index contributed by atoms with van der Waals surface area (Å²) >= 11 is 12.1. The highest BCUT2D eigenvalue weighted by Gasteiger charge is 2.11. The van der Waals surface area contributed by atoms with Crippen LogP contribution in [0.25, 0.3) is 0 Å². The van der Waals surface area contributed by atoms with Crippen molar-refractivity contribution in [2.45, 2.75) is 12.4 Å². The normalized spacial score (nSPS) is 10.7. The molecule has 3 nitrogen and oxygen atoms in total. The van der Waals surface area contributed by atoms with E-state index in [9.17, 15) is 0 Å². The Morgan fingerprint density at radius 2 is 2.17 bits per heavy atom. The van der Waals surface area contributed by atoms with Gasteiger partial charge in [0.1, 0.15) is 5.82 Å². The lowest BCUT2D eigenvalue weighted by molar-refractivity contribution is 0.760. The highest BCUT2D eigenvalue weighted by molar-refractivity contribution is 6.32. The number of hydrogen-bond donors (Lipinski definition) is 0. The average molecular weight is 284 g/mol. The zero-order valence-corrected chi connectivity index (χ0v) is 11.9. The van der Waals surface area contributed by atoms with Crippen LogP contribution in [0, 0.1) is 0 Å². The fourth-order valence-electron chi connectivity index (χ4n) is 1.88. The van der Waals surface area contributed by atoms with Crippen molar-refractivity contribution in [1.82, 2.24) is 9.55 Å². The molecule has 1 aromatic carbocycles. The molecule has 0 atom stereocenters. The van der Waals surface area contributed by atoms with Gasteiger partial charge in [-0.1, -0.05) is 17.7 Å². The van der Waals surface area contributed by atoms with E-state index in [0.29, 0.717) is 17.4 Å². The Bertz CT molecular complexity index is 537. The van der Waals surface area contributed by atoms with Crippen molar-refractivity contribution in [3.63, 3.8) is 0 Å². The molecule has 0 bridgehead atoms. The SMILES string of the molecule is CN(Cc1nccn1C)c1cccc(Cl)c1CCl. The number of imidazole rings is 1.